The van der Waals surface area contributed by atoms with E-state index in [2.05, 4.69) is 37.2 Å². The fourth-order valence-electron chi connectivity index (χ4n) is 2.20. The van der Waals surface area contributed by atoms with Crippen LogP contribution in [0.1, 0.15) is 12.5 Å². The second-order valence-corrected chi connectivity index (χ2v) is 7.46. The van der Waals surface area contributed by atoms with Gasteiger partial charge in [0.25, 0.3) is 11.6 Å². The molecule has 0 saturated carbocycles. The molecule has 0 aliphatic rings. The Bertz CT molecular complexity index is 1020. The molecule has 0 spiro atoms. The maximum Gasteiger partial charge on any atom is 0.271 e. The van der Waals surface area contributed by atoms with Crippen LogP contribution in [0.15, 0.2) is 44.9 Å². The summed E-state index contributed by atoms with van der Waals surface area (Å²) in [4.78, 5) is 22.8. The number of nitrogens with zero attached hydrogens (tertiary/aromatic N) is 2. The van der Waals surface area contributed by atoms with E-state index >= 15 is 0 Å². The van der Waals surface area contributed by atoms with Crippen molar-refractivity contribution in [3.63, 3.8) is 0 Å². The lowest BCUT2D eigenvalue weighted by Crippen LogP contribution is -2.14. The lowest BCUT2D eigenvalue weighted by atomic mass is 10.1. The molecule has 0 aliphatic carbocycles. The summed E-state index contributed by atoms with van der Waals surface area (Å²) in [6, 6.07) is 8.92. The molecule has 28 heavy (non-hydrogen) atoms. The number of halogens is 3. The summed E-state index contributed by atoms with van der Waals surface area (Å²) < 4.78 is 6.94. The van der Waals surface area contributed by atoms with Crippen LogP contribution < -0.4 is 10.1 Å². The second-order valence-electron chi connectivity index (χ2n) is 5.28. The normalized spacial score (nSPS) is 10.9. The van der Waals surface area contributed by atoms with Gasteiger partial charge in [-0.3, -0.25) is 14.9 Å². The van der Waals surface area contributed by atoms with Crippen molar-refractivity contribution in [3.05, 3.63) is 65.6 Å². The fourth-order valence-corrected chi connectivity index (χ4v) is 3.74. The highest BCUT2D eigenvalue weighted by Crippen LogP contribution is 2.34. The van der Waals surface area contributed by atoms with Crippen molar-refractivity contribution in [2.45, 2.75) is 6.92 Å². The number of nitro benzene ring substituents is 1. The molecule has 0 aromatic heterocycles. The number of anilines is 1. The van der Waals surface area contributed by atoms with E-state index in [0.717, 1.165) is 6.07 Å². The molecule has 1 amide bonds. The van der Waals surface area contributed by atoms with Crippen molar-refractivity contribution in [1.82, 2.24) is 0 Å². The first-order valence-electron chi connectivity index (χ1n) is 7.75. The Morgan fingerprint density at radius 1 is 1.39 bits per heavy atom. The summed E-state index contributed by atoms with van der Waals surface area (Å²) in [5.41, 5.74) is 0.0627. The van der Waals surface area contributed by atoms with Crippen LogP contribution in [0.3, 0.4) is 0 Å². The summed E-state index contributed by atoms with van der Waals surface area (Å²) in [7, 11) is 0. The van der Waals surface area contributed by atoms with Crippen LogP contribution in [0, 0.1) is 21.4 Å². The highest BCUT2D eigenvalue weighted by Gasteiger charge is 2.17. The van der Waals surface area contributed by atoms with Crippen molar-refractivity contribution in [2.24, 2.45) is 0 Å². The molecule has 2 aromatic carbocycles. The molecule has 0 saturated heterocycles. The predicted molar refractivity (Wildman–Crippen MR) is 113 cm³/mol. The van der Waals surface area contributed by atoms with Gasteiger partial charge in [0.1, 0.15) is 17.4 Å². The van der Waals surface area contributed by atoms with Crippen LogP contribution in [-0.2, 0) is 4.79 Å². The highest BCUT2D eigenvalue weighted by molar-refractivity contribution is 9.11. The van der Waals surface area contributed by atoms with E-state index in [4.69, 9.17) is 16.3 Å². The minimum Gasteiger partial charge on any atom is -0.492 e. The number of nitro groups is 1. The second kappa shape index (κ2) is 9.68. The van der Waals surface area contributed by atoms with Crippen LogP contribution in [0.25, 0.3) is 6.08 Å². The zero-order chi connectivity index (χ0) is 20.8. The first-order valence-corrected chi connectivity index (χ1v) is 9.72. The molecular weight excluding hydrogens is 517 g/mol. The van der Waals surface area contributed by atoms with Crippen LogP contribution in [0.5, 0.6) is 5.75 Å². The van der Waals surface area contributed by atoms with Crippen LogP contribution in [0.2, 0.25) is 5.02 Å². The third-order valence-electron chi connectivity index (χ3n) is 3.40. The highest BCUT2D eigenvalue weighted by atomic mass is 79.9. The SMILES string of the molecule is CCOc1c(Br)cc(Br)cc1/C=C(\C#N)C(=O)Nc1cc([N+](=O)[O-])ccc1Cl. The fraction of sp³-hybridized carbons (Fsp3) is 0.111. The number of carbonyl (C=O) groups is 1. The van der Waals surface area contributed by atoms with Gasteiger partial charge in [-0.2, -0.15) is 5.26 Å². The standard InChI is InChI=1S/C18H12Br2ClN3O4/c1-2-28-17-10(6-12(19)7-14(17)20)5-11(9-22)18(25)23-16-8-13(24(26)27)3-4-15(16)21/h3-8H,2H2,1H3,(H,23,25)/b11-5+. The van der Waals surface area contributed by atoms with E-state index in [1.54, 1.807) is 12.1 Å². The van der Waals surface area contributed by atoms with E-state index < -0.39 is 10.8 Å². The topological polar surface area (TPSA) is 105 Å². The minimum absolute atomic E-state index is 0.0301. The largest absolute Gasteiger partial charge is 0.492 e. The van der Waals surface area contributed by atoms with Crippen molar-refractivity contribution in [3.8, 4) is 11.8 Å². The molecule has 0 unspecified atom stereocenters. The van der Waals surface area contributed by atoms with Gasteiger partial charge in [-0.15, -0.1) is 0 Å². The Hall–Kier alpha value is -2.41. The molecule has 1 N–H and O–H groups in total. The van der Waals surface area contributed by atoms with Gasteiger partial charge in [0, 0.05) is 22.2 Å². The smallest absolute Gasteiger partial charge is 0.271 e. The number of carbonyl (C=O) groups excluding carboxylic acids is 1. The summed E-state index contributed by atoms with van der Waals surface area (Å²) in [6.45, 7) is 2.20. The Morgan fingerprint density at radius 2 is 2.11 bits per heavy atom. The average molecular weight is 530 g/mol. The average Bonchev–Trinajstić information content (AvgIpc) is 2.63. The van der Waals surface area contributed by atoms with Crippen molar-refractivity contribution < 1.29 is 14.5 Å². The zero-order valence-corrected chi connectivity index (χ0v) is 18.3. The Labute approximate surface area is 182 Å². The molecule has 0 fully saturated rings. The van der Waals surface area contributed by atoms with Gasteiger partial charge in [-0.05, 0) is 47.1 Å². The van der Waals surface area contributed by atoms with E-state index in [1.165, 1.54) is 18.2 Å². The molecule has 2 rings (SSSR count). The molecular formula is C18H12Br2ClN3O4. The number of hydrogen-bond acceptors (Lipinski definition) is 5. The molecule has 0 atom stereocenters. The van der Waals surface area contributed by atoms with E-state index in [0.29, 0.717) is 26.9 Å². The van der Waals surface area contributed by atoms with E-state index in [1.807, 2.05) is 13.0 Å². The minimum atomic E-state index is -0.761. The molecule has 0 radical (unpaired) electrons. The predicted octanol–water partition coefficient (Wildman–Crippen LogP) is 5.72. The number of hydrogen-bond donors (Lipinski definition) is 1. The summed E-state index contributed by atoms with van der Waals surface area (Å²) in [5.74, 6) is -0.289. The van der Waals surface area contributed by atoms with Gasteiger partial charge in [0.05, 0.1) is 26.7 Å². The number of nitrogens with one attached hydrogen (secondary N) is 1. The number of nitriles is 1. The van der Waals surface area contributed by atoms with Crippen LogP contribution in [-0.4, -0.2) is 17.4 Å². The zero-order valence-electron chi connectivity index (χ0n) is 14.3. The quantitative estimate of drug-likeness (QED) is 0.223. The van der Waals surface area contributed by atoms with Gasteiger partial charge in [-0.25, -0.2) is 0 Å². The number of amides is 1. The number of non-ortho nitro benzene ring substituents is 1. The summed E-state index contributed by atoms with van der Waals surface area (Å²) >= 11 is 12.7. The lowest BCUT2D eigenvalue weighted by molar-refractivity contribution is -0.384. The molecule has 0 bridgehead atoms. The van der Waals surface area contributed by atoms with Crippen molar-refractivity contribution in [2.75, 3.05) is 11.9 Å². The monoisotopic (exact) mass is 527 g/mol. The number of benzene rings is 2. The number of rotatable bonds is 6. The Kier molecular flexibility index (Phi) is 7.57. The molecule has 0 aliphatic heterocycles. The van der Waals surface area contributed by atoms with Crippen LogP contribution in [0.4, 0.5) is 11.4 Å². The maximum absolute atomic E-state index is 12.5. The third kappa shape index (κ3) is 5.32. The molecule has 7 nitrogen and oxygen atoms in total. The van der Waals surface area contributed by atoms with Gasteiger partial charge < -0.3 is 10.1 Å². The Balaban J connectivity index is 2.41. The van der Waals surface area contributed by atoms with Gasteiger partial charge in [0.2, 0.25) is 0 Å². The third-order valence-corrected chi connectivity index (χ3v) is 4.78. The molecule has 10 heteroatoms. The molecule has 144 valence electrons. The van der Waals surface area contributed by atoms with Crippen LogP contribution >= 0.6 is 43.5 Å². The number of ether oxygens (including phenoxy) is 1. The van der Waals surface area contributed by atoms with E-state index in [-0.39, 0.29) is 22.0 Å². The Morgan fingerprint density at radius 3 is 2.71 bits per heavy atom. The van der Waals surface area contributed by atoms with Crippen molar-refractivity contribution in [1.29, 1.82) is 5.26 Å². The first kappa shape index (κ1) is 21.9. The lowest BCUT2D eigenvalue weighted by Gasteiger charge is -2.11. The van der Waals surface area contributed by atoms with E-state index in [9.17, 15) is 20.2 Å². The molecule has 0 heterocycles. The van der Waals surface area contributed by atoms with Crippen molar-refractivity contribution >= 4 is 66.8 Å². The first-order chi connectivity index (χ1) is 13.3. The molecule has 2 aromatic rings. The maximum atomic E-state index is 12.5. The van der Waals surface area contributed by atoms with Gasteiger partial charge >= 0.3 is 0 Å². The summed E-state index contributed by atoms with van der Waals surface area (Å²) in [6.07, 6.45) is 1.36. The van der Waals surface area contributed by atoms with Gasteiger partial charge in [-0.1, -0.05) is 27.5 Å². The summed E-state index contributed by atoms with van der Waals surface area (Å²) in [5, 5.41) is 22.9. The van der Waals surface area contributed by atoms with Gasteiger partial charge in [0.15, 0.2) is 0 Å².